The molecule has 1 aromatic carbocycles. The van der Waals surface area contributed by atoms with E-state index >= 15 is 0 Å². The molecule has 0 amide bonds. The SMILES string of the molecule is CN=C(NCCCc1ccc(C(C)C)cc1)NCC1CCN(S(C)(=O)=O)CC1. The standard InChI is InChI=1S/C21H36N4O2S/c1-17(2)20-9-7-18(8-10-20)6-5-13-23-21(22-3)24-16-19-11-14-25(15-12-19)28(4,26)27/h7-10,17,19H,5-6,11-16H2,1-4H3,(H2,22,23,24). The van der Waals surface area contributed by atoms with E-state index in [-0.39, 0.29) is 0 Å². The Balaban J connectivity index is 1.64. The van der Waals surface area contributed by atoms with Crippen LogP contribution in [0.15, 0.2) is 29.3 Å². The van der Waals surface area contributed by atoms with Crippen LogP contribution in [0.3, 0.4) is 0 Å². The predicted octanol–water partition coefficient (Wildman–Crippen LogP) is 2.58. The second-order valence-electron chi connectivity index (χ2n) is 7.99. The van der Waals surface area contributed by atoms with Crippen LogP contribution in [-0.4, -0.2) is 58.2 Å². The molecule has 0 aromatic heterocycles. The van der Waals surface area contributed by atoms with Gasteiger partial charge >= 0.3 is 0 Å². The molecule has 0 radical (unpaired) electrons. The Labute approximate surface area is 170 Å². The number of piperidine rings is 1. The highest BCUT2D eigenvalue weighted by Crippen LogP contribution is 2.18. The minimum atomic E-state index is -3.05. The van der Waals surface area contributed by atoms with Gasteiger partial charge in [-0.1, -0.05) is 38.1 Å². The highest BCUT2D eigenvalue weighted by Gasteiger charge is 2.24. The summed E-state index contributed by atoms with van der Waals surface area (Å²) in [5.74, 6) is 1.88. The van der Waals surface area contributed by atoms with Crippen LogP contribution in [0.1, 0.15) is 50.2 Å². The summed E-state index contributed by atoms with van der Waals surface area (Å²) < 4.78 is 24.7. The van der Waals surface area contributed by atoms with E-state index in [2.05, 4.69) is 53.7 Å². The minimum absolute atomic E-state index is 0.482. The van der Waals surface area contributed by atoms with E-state index in [1.807, 2.05) is 0 Å². The number of rotatable bonds is 8. The van der Waals surface area contributed by atoms with E-state index in [0.29, 0.717) is 24.9 Å². The van der Waals surface area contributed by atoms with Gasteiger partial charge in [0.25, 0.3) is 0 Å². The summed E-state index contributed by atoms with van der Waals surface area (Å²) >= 11 is 0. The molecule has 0 bridgehead atoms. The van der Waals surface area contributed by atoms with Crippen molar-refractivity contribution in [2.24, 2.45) is 10.9 Å². The Kier molecular flexibility index (Phi) is 8.76. The van der Waals surface area contributed by atoms with Crippen molar-refractivity contribution >= 4 is 16.0 Å². The number of hydrogen-bond donors (Lipinski definition) is 2. The average molecular weight is 409 g/mol. The number of aryl methyl sites for hydroxylation is 1. The largest absolute Gasteiger partial charge is 0.356 e. The van der Waals surface area contributed by atoms with Crippen molar-refractivity contribution < 1.29 is 8.42 Å². The fourth-order valence-corrected chi connectivity index (χ4v) is 4.35. The summed E-state index contributed by atoms with van der Waals surface area (Å²) in [5, 5.41) is 6.76. The van der Waals surface area contributed by atoms with Crippen LogP contribution in [0.2, 0.25) is 0 Å². The Hall–Kier alpha value is -1.60. The lowest BCUT2D eigenvalue weighted by Crippen LogP contribution is -2.44. The summed E-state index contributed by atoms with van der Waals surface area (Å²) in [6.45, 7) is 7.37. The summed E-state index contributed by atoms with van der Waals surface area (Å²) in [6.07, 6.45) is 5.17. The molecular formula is C21H36N4O2S. The van der Waals surface area contributed by atoms with Crippen molar-refractivity contribution in [2.45, 2.75) is 45.4 Å². The lowest BCUT2D eigenvalue weighted by molar-refractivity contribution is 0.275. The van der Waals surface area contributed by atoms with E-state index < -0.39 is 10.0 Å². The van der Waals surface area contributed by atoms with Gasteiger partial charge in [-0.05, 0) is 48.6 Å². The van der Waals surface area contributed by atoms with Crippen LogP contribution in [0.25, 0.3) is 0 Å². The number of nitrogens with one attached hydrogen (secondary N) is 2. The van der Waals surface area contributed by atoms with E-state index in [1.54, 1.807) is 11.4 Å². The van der Waals surface area contributed by atoms with Crippen LogP contribution in [-0.2, 0) is 16.4 Å². The maximum Gasteiger partial charge on any atom is 0.211 e. The first kappa shape index (κ1) is 22.7. The number of hydrogen-bond acceptors (Lipinski definition) is 3. The normalized spacial score (nSPS) is 17.1. The number of guanidine groups is 1. The topological polar surface area (TPSA) is 73.8 Å². The van der Waals surface area contributed by atoms with Gasteiger partial charge in [-0.15, -0.1) is 0 Å². The Morgan fingerprint density at radius 3 is 2.36 bits per heavy atom. The molecular weight excluding hydrogens is 372 g/mol. The van der Waals surface area contributed by atoms with Crippen LogP contribution in [0.5, 0.6) is 0 Å². The zero-order valence-electron chi connectivity index (χ0n) is 17.7. The van der Waals surface area contributed by atoms with Crippen LogP contribution >= 0.6 is 0 Å². The second kappa shape index (κ2) is 10.8. The molecule has 1 aromatic rings. The van der Waals surface area contributed by atoms with Gasteiger partial charge in [0, 0.05) is 33.2 Å². The van der Waals surface area contributed by atoms with Gasteiger partial charge in [-0.25, -0.2) is 12.7 Å². The lowest BCUT2D eigenvalue weighted by atomic mass is 9.98. The van der Waals surface area contributed by atoms with E-state index in [0.717, 1.165) is 44.7 Å². The zero-order valence-corrected chi connectivity index (χ0v) is 18.6. The minimum Gasteiger partial charge on any atom is -0.356 e. The van der Waals surface area contributed by atoms with Crippen molar-refractivity contribution in [1.82, 2.24) is 14.9 Å². The van der Waals surface area contributed by atoms with Crippen LogP contribution in [0, 0.1) is 5.92 Å². The monoisotopic (exact) mass is 408 g/mol. The molecule has 1 aliphatic rings. The first-order chi connectivity index (χ1) is 13.3. The molecule has 2 N–H and O–H groups in total. The smallest absolute Gasteiger partial charge is 0.211 e. The van der Waals surface area contributed by atoms with Gasteiger partial charge in [0.1, 0.15) is 0 Å². The van der Waals surface area contributed by atoms with Crippen molar-refractivity contribution in [2.75, 3.05) is 39.5 Å². The van der Waals surface area contributed by atoms with Crippen molar-refractivity contribution in [3.63, 3.8) is 0 Å². The highest BCUT2D eigenvalue weighted by molar-refractivity contribution is 7.88. The van der Waals surface area contributed by atoms with Crippen LogP contribution < -0.4 is 10.6 Å². The predicted molar refractivity (Wildman–Crippen MR) is 117 cm³/mol. The van der Waals surface area contributed by atoms with Crippen molar-refractivity contribution in [3.05, 3.63) is 35.4 Å². The quantitative estimate of drug-likeness (QED) is 0.394. The molecule has 1 fully saturated rings. The van der Waals surface area contributed by atoms with Crippen molar-refractivity contribution in [1.29, 1.82) is 0 Å². The summed E-state index contributed by atoms with van der Waals surface area (Å²) in [6, 6.07) is 8.91. The van der Waals surface area contributed by atoms with Crippen molar-refractivity contribution in [3.8, 4) is 0 Å². The average Bonchev–Trinajstić information content (AvgIpc) is 2.67. The molecule has 0 unspecified atom stereocenters. The van der Waals surface area contributed by atoms with Crippen LogP contribution in [0.4, 0.5) is 0 Å². The van der Waals surface area contributed by atoms with Gasteiger partial charge in [0.05, 0.1) is 6.26 Å². The van der Waals surface area contributed by atoms with Gasteiger partial charge in [0.2, 0.25) is 10.0 Å². The highest BCUT2D eigenvalue weighted by atomic mass is 32.2. The maximum atomic E-state index is 11.6. The molecule has 1 aliphatic heterocycles. The Morgan fingerprint density at radius 1 is 1.18 bits per heavy atom. The Bertz CT molecular complexity index is 721. The van der Waals surface area contributed by atoms with E-state index in [1.165, 1.54) is 17.4 Å². The molecule has 28 heavy (non-hydrogen) atoms. The third-order valence-electron chi connectivity index (χ3n) is 5.41. The first-order valence-corrected chi connectivity index (χ1v) is 12.1. The maximum absolute atomic E-state index is 11.6. The molecule has 2 rings (SSSR count). The molecule has 1 saturated heterocycles. The third kappa shape index (κ3) is 7.43. The number of aliphatic imine (C=N–C) groups is 1. The number of sulfonamides is 1. The van der Waals surface area contributed by atoms with Gasteiger partial charge in [0.15, 0.2) is 5.96 Å². The molecule has 6 nitrogen and oxygen atoms in total. The number of nitrogens with zero attached hydrogens (tertiary/aromatic N) is 2. The second-order valence-corrected chi connectivity index (χ2v) is 9.97. The Morgan fingerprint density at radius 2 is 1.82 bits per heavy atom. The summed E-state index contributed by atoms with van der Waals surface area (Å²) in [4.78, 5) is 4.29. The summed E-state index contributed by atoms with van der Waals surface area (Å²) in [7, 11) is -1.27. The fourth-order valence-electron chi connectivity index (χ4n) is 3.48. The third-order valence-corrected chi connectivity index (χ3v) is 6.71. The summed E-state index contributed by atoms with van der Waals surface area (Å²) in [5.41, 5.74) is 2.75. The first-order valence-electron chi connectivity index (χ1n) is 10.3. The van der Waals surface area contributed by atoms with E-state index in [4.69, 9.17) is 0 Å². The van der Waals surface area contributed by atoms with Gasteiger partial charge < -0.3 is 10.6 Å². The molecule has 0 spiro atoms. The molecule has 0 atom stereocenters. The van der Waals surface area contributed by atoms with Gasteiger partial charge in [-0.2, -0.15) is 0 Å². The molecule has 7 heteroatoms. The molecule has 0 aliphatic carbocycles. The number of benzene rings is 1. The lowest BCUT2D eigenvalue weighted by Gasteiger charge is -2.30. The van der Waals surface area contributed by atoms with E-state index in [9.17, 15) is 8.42 Å². The van der Waals surface area contributed by atoms with Gasteiger partial charge in [-0.3, -0.25) is 4.99 Å². The molecule has 0 saturated carbocycles. The molecule has 158 valence electrons. The zero-order chi connectivity index (χ0) is 20.6. The fraction of sp³-hybridized carbons (Fsp3) is 0.667. The molecule has 1 heterocycles.